The molecule has 2 nitrogen and oxygen atoms in total. The molecule has 1 heterocycles. The van der Waals surface area contributed by atoms with Gasteiger partial charge >= 0.3 is 0 Å². The van der Waals surface area contributed by atoms with Crippen LogP contribution >= 0.6 is 0 Å². The molecule has 2 atom stereocenters. The van der Waals surface area contributed by atoms with Gasteiger partial charge in [0.15, 0.2) is 0 Å². The van der Waals surface area contributed by atoms with Crippen LogP contribution in [0.2, 0.25) is 0 Å². The van der Waals surface area contributed by atoms with Crippen molar-refractivity contribution < 1.29 is 0 Å². The summed E-state index contributed by atoms with van der Waals surface area (Å²) < 4.78 is 0. The van der Waals surface area contributed by atoms with Crippen molar-refractivity contribution >= 4 is 10.8 Å². The molecule has 0 saturated heterocycles. The summed E-state index contributed by atoms with van der Waals surface area (Å²) in [6, 6.07) is 8.87. The Labute approximate surface area is 95.5 Å². The van der Waals surface area contributed by atoms with E-state index in [2.05, 4.69) is 29.2 Å². The quantitative estimate of drug-likeness (QED) is 0.789. The van der Waals surface area contributed by atoms with Crippen molar-refractivity contribution in [3.05, 3.63) is 42.2 Å². The fourth-order valence-electron chi connectivity index (χ4n) is 2.84. The molecule has 82 valence electrons. The molecule has 0 spiro atoms. The Bertz CT molecular complexity index is 502. The Kier molecular flexibility index (Phi) is 2.37. The number of pyridine rings is 1. The van der Waals surface area contributed by atoms with Gasteiger partial charge in [-0.3, -0.25) is 4.98 Å². The molecule has 0 aliphatic heterocycles. The van der Waals surface area contributed by atoms with Gasteiger partial charge in [0, 0.05) is 23.8 Å². The van der Waals surface area contributed by atoms with E-state index in [4.69, 9.17) is 5.73 Å². The number of hydrogen-bond acceptors (Lipinski definition) is 2. The van der Waals surface area contributed by atoms with E-state index in [0.717, 1.165) is 6.42 Å². The molecule has 16 heavy (non-hydrogen) atoms. The zero-order valence-electron chi connectivity index (χ0n) is 9.26. The minimum Gasteiger partial charge on any atom is -0.327 e. The first-order valence-corrected chi connectivity index (χ1v) is 5.94. The fourth-order valence-corrected chi connectivity index (χ4v) is 2.84. The van der Waals surface area contributed by atoms with Crippen molar-refractivity contribution in [3.8, 4) is 0 Å². The molecule has 0 radical (unpaired) electrons. The third-order valence-corrected chi connectivity index (χ3v) is 3.69. The summed E-state index contributed by atoms with van der Waals surface area (Å²) in [4.78, 5) is 4.23. The Morgan fingerprint density at radius 1 is 1.19 bits per heavy atom. The van der Waals surface area contributed by atoms with Crippen molar-refractivity contribution in [1.82, 2.24) is 4.98 Å². The monoisotopic (exact) mass is 212 g/mol. The summed E-state index contributed by atoms with van der Waals surface area (Å²) in [5, 5.41) is 2.54. The van der Waals surface area contributed by atoms with Crippen LogP contribution in [0.3, 0.4) is 0 Å². The van der Waals surface area contributed by atoms with Gasteiger partial charge in [-0.25, -0.2) is 0 Å². The van der Waals surface area contributed by atoms with E-state index in [1.807, 2.05) is 12.4 Å². The van der Waals surface area contributed by atoms with Crippen LogP contribution in [0.5, 0.6) is 0 Å². The number of hydrogen-bond donors (Lipinski definition) is 1. The number of fused-ring (bicyclic) bond motifs is 1. The Morgan fingerprint density at radius 3 is 2.94 bits per heavy atom. The zero-order chi connectivity index (χ0) is 11.0. The van der Waals surface area contributed by atoms with Crippen molar-refractivity contribution in [1.29, 1.82) is 0 Å². The van der Waals surface area contributed by atoms with Gasteiger partial charge in [-0.1, -0.05) is 24.6 Å². The van der Waals surface area contributed by atoms with E-state index in [-0.39, 0.29) is 0 Å². The average molecular weight is 212 g/mol. The van der Waals surface area contributed by atoms with Gasteiger partial charge < -0.3 is 5.73 Å². The standard InChI is InChI=1S/C14H16N2/c15-14-6-2-5-12(14)11-4-1-3-10-7-8-16-9-13(10)11/h1,3-4,7-9,12,14H,2,5-6,15H2. The largest absolute Gasteiger partial charge is 0.327 e. The highest BCUT2D eigenvalue weighted by atomic mass is 14.7. The number of benzene rings is 1. The second-order valence-electron chi connectivity index (χ2n) is 4.65. The van der Waals surface area contributed by atoms with Crippen LogP contribution in [-0.2, 0) is 0 Å². The minimum atomic E-state index is 0.325. The average Bonchev–Trinajstić information content (AvgIpc) is 2.75. The first kappa shape index (κ1) is 9.79. The van der Waals surface area contributed by atoms with Crippen molar-refractivity contribution in [2.45, 2.75) is 31.2 Å². The van der Waals surface area contributed by atoms with Crippen molar-refractivity contribution in [2.24, 2.45) is 5.73 Å². The molecule has 2 unspecified atom stereocenters. The van der Waals surface area contributed by atoms with Gasteiger partial charge in [0.2, 0.25) is 0 Å². The van der Waals surface area contributed by atoms with E-state index in [9.17, 15) is 0 Å². The predicted molar refractivity (Wildman–Crippen MR) is 66.3 cm³/mol. The lowest BCUT2D eigenvalue weighted by Crippen LogP contribution is -2.22. The molecule has 0 bridgehead atoms. The van der Waals surface area contributed by atoms with Gasteiger partial charge in [-0.2, -0.15) is 0 Å². The summed E-state index contributed by atoms with van der Waals surface area (Å²) in [6.45, 7) is 0. The molecule has 2 aromatic rings. The van der Waals surface area contributed by atoms with Crippen LogP contribution in [0.4, 0.5) is 0 Å². The molecule has 2 N–H and O–H groups in total. The number of nitrogens with two attached hydrogens (primary N) is 1. The second kappa shape index (κ2) is 3.87. The maximum Gasteiger partial charge on any atom is 0.0349 e. The van der Waals surface area contributed by atoms with Crippen LogP contribution in [-0.4, -0.2) is 11.0 Å². The van der Waals surface area contributed by atoms with Gasteiger partial charge in [-0.15, -0.1) is 0 Å². The van der Waals surface area contributed by atoms with E-state index >= 15 is 0 Å². The molecule has 1 aliphatic rings. The highest BCUT2D eigenvalue weighted by Gasteiger charge is 2.26. The van der Waals surface area contributed by atoms with Crippen LogP contribution in [0.1, 0.15) is 30.7 Å². The molecule has 1 fully saturated rings. The molecule has 0 amide bonds. The fraction of sp³-hybridized carbons (Fsp3) is 0.357. The van der Waals surface area contributed by atoms with Crippen LogP contribution in [0.25, 0.3) is 10.8 Å². The van der Waals surface area contributed by atoms with Gasteiger partial charge in [0.25, 0.3) is 0 Å². The van der Waals surface area contributed by atoms with E-state index in [1.165, 1.54) is 29.2 Å². The van der Waals surface area contributed by atoms with Gasteiger partial charge in [0.1, 0.15) is 0 Å². The molecule has 1 saturated carbocycles. The molecule has 1 aliphatic carbocycles. The van der Waals surface area contributed by atoms with Crippen LogP contribution in [0, 0.1) is 0 Å². The normalized spacial score (nSPS) is 25.1. The van der Waals surface area contributed by atoms with Crippen molar-refractivity contribution in [2.75, 3.05) is 0 Å². The molecule has 2 heteroatoms. The third-order valence-electron chi connectivity index (χ3n) is 3.69. The smallest absolute Gasteiger partial charge is 0.0349 e. The Morgan fingerprint density at radius 2 is 2.12 bits per heavy atom. The van der Waals surface area contributed by atoms with E-state index < -0.39 is 0 Å². The summed E-state index contributed by atoms with van der Waals surface area (Å²) in [5.74, 6) is 0.521. The Hall–Kier alpha value is -1.41. The SMILES string of the molecule is NC1CCCC1c1cccc2ccncc12. The number of aromatic nitrogens is 1. The molecule has 1 aromatic carbocycles. The molecule has 3 rings (SSSR count). The van der Waals surface area contributed by atoms with Gasteiger partial charge in [-0.05, 0) is 35.8 Å². The lowest BCUT2D eigenvalue weighted by atomic mass is 9.91. The maximum absolute atomic E-state index is 6.18. The van der Waals surface area contributed by atoms with Crippen molar-refractivity contribution in [3.63, 3.8) is 0 Å². The second-order valence-corrected chi connectivity index (χ2v) is 4.65. The zero-order valence-corrected chi connectivity index (χ0v) is 9.26. The lowest BCUT2D eigenvalue weighted by Gasteiger charge is -2.17. The molecule has 1 aromatic heterocycles. The first-order valence-electron chi connectivity index (χ1n) is 5.94. The molecular weight excluding hydrogens is 196 g/mol. The highest BCUT2D eigenvalue weighted by molar-refractivity contribution is 5.85. The van der Waals surface area contributed by atoms with E-state index in [0.29, 0.717) is 12.0 Å². The number of rotatable bonds is 1. The summed E-state index contributed by atoms with van der Waals surface area (Å²) in [6.07, 6.45) is 7.44. The van der Waals surface area contributed by atoms with E-state index in [1.54, 1.807) is 0 Å². The van der Waals surface area contributed by atoms with Crippen LogP contribution in [0.15, 0.2) is 36.7 Å². The number of nitrogens with zero attached hydrogens (tertiary/aromatic N) is 1. The minimum absolute atomic E-state index is 0.325. The summed E-state index contributed by atoms with van der Waals surface area (Å²) in [5.41, 5.74) is 7.57. The van der Waals surface area contributed by atoms with Crippen LogP contribution < -0.4 is 5.73 Å². The van der Waals surface area contributed by atoms with Gasteiger partial charge in [0.05, 0.1) is 0 Å². The summed E-state index contributed by atoms with van der Waals surface area (Å²) >= 11 is 0. The highest BCUT2D eigenvalue weighted by Crippen LogP contribution is 2.36. The first-order chi connectivity index (χ1) is 7.86. The maximum atomic E-state index is 6.18. The third kappa shape index (κ3) is 1.50. The Balaban J connectivity index is 2.16. The predicted octanol–water partition coefficient (Wildman–Crippen LogP) is 2.83. The summed E-state index contributed by atoms with van der Waals surface area (Å²) in [7, 11) is 0. The lowest BCUT2D eigenvalue weighted by molar-refractivity contribution is 0.616. The molecular formula is C14H16N2. The topological polar surface area (TPSA) is 38.9 Å².